The fourth-order valence-corrected chi connectivity index (χ4v) is 5.97. The van der Waals surface area contributed by atoms with Crippen molar-refractivity contribution in [2.24, 2.45) is 5.10 Å². The molecule has 1 amide bonds. The van der Waals surface area contributed by atoms with E-state index in [4.69, 9.17) is 16.3 Å². The number of rotatable bonds is 9. The molecule has 0 atom stereocenters. The van der Waals surface area contributed by atoms with E-state index in [1.807, 2.05) is 51.1 Å². The van der Waals surface area contributed by atoms with Crippen LogP contribution >= 0.6 is 11.6 Å². The Balaban J connectivity index is 1.58. The van der Waals surface area contributed by atoms with Gasteiger partial charge in [0, 0.05) is 22.6 Å². The number of hydrazone groups is 1. The van der Waals surface area contributed by atoms with Crippen LogP contribution in [0.5, 0.6) is 5.75 Å². The number of halogens is 1. The molecule has 0 saturated carbocycles. The molecule has 0 aliphatic rings. The zero-order chi connectivity index (χ0) is 28.2. The Kier molecular flexibility index (Phi) is 8.42. The van der Waals surface area contributed by atoms with Gasteiger partial charge in [0.25, 0.3) is 15.9 Å². The molecule has 1 aromatic heterocycles. The monoisotopic (exact) mass is 564 g/mol. The third-order valence-electron chi connectivity index (χ3n) is 6.26. The second-order valence-electron chi connectivity index (χ2n) is 8.89. The summed E-state index contributed by atoms with van der Waals surface area (Å²) in [5.41, 5.74) is 7.67. The molecule has 0 unspecified atom stereocenters. The van der Waals surface area contributed by atoms with Crippen LogP contribution in [0.4, 0.5) is 5.69 Å². The van der Waals surface area contributed by atoms with Gasteiger partial charge in [-0.25, -0.2) is 13.8 Å². The largest absolute Gasteiger partial charge is 0.495 e. The minimum Gasteiger partial charge on any atom is -0.495 e. The quantitative estimate of drug-likeness (QED) is 0.217. The summed E-state index contributed by atoms with van der Waals surface area (Å²) in [6.07, 6.45) is 1.55. The number of benzene rings is 3. The number of methoxy groups -OCH3 is 1. The number of amides is 1. The highest BCUT2D eigenvalue weighted by Crippen LogP contribution is 2.32. The lowest BCUT2D eigenvalue weighted by Gasteiger charge is -2.24. The van der Waals surface area contributed by atoms with Crippen molar-refractivity contribution in [2.45, 2.75) is 25.7 Å². The van der Waals surface area contributed by atoms with Gasteiger partial charge in [0.2, 0.25) is 0 Å². The summed E-state index contributed by atoms with van der Waals surface area (Å²) in [7, 11) is -2.63. The molecule has 4 aromatic rings. The van der Waals surface area contributed by atoms with Gasteiger partial charge in [0.15, 0.2) is 0 Å². The number of carbonyl (C=O) groups excluding carboxylic acids is 1. The number of nitrogens with zero attached hydrogens (tertiary/aromatic N) is 3. The summed E-state index contributed by atoms with van der Waals surface area (Å²) in [6.45, 7) is 5.51. The number of hydrogen-bond donors (Lipinski definition) is 1. The molecule has 3 aromatic carbocycles. The van der Waals surface area contributed by atoms with Crippen LogP contribution in [0.3, 0.4) is 0 Å². The molecule has 1 heterocycles. The van der Waals surface area contributed by atoms with Crippen molar-refractivity contribution in [3.63, 3.8) is 0 Å². The van der Waals surface area contributed by atoms with Crippen LogP contribution in [0.2, 0.25) is 5.02 Å². The van der Waals surface area contributed by atoms with Crippen molar-refractivity contribution in [3.8, 4) is 11.4 Å². The first-order valence-electron chi connectivity index (χ1n) is 12.1. The zero-order valence-corrected chi connectivity index (χ0v) is 23.6. The van der Waals surface area contributed by atoms with Gasteiger partial charge >= 0.3 is 0 Å². The van der Waals surface area contributed by atoms with E-state index in [1.165, 1.54) is 31.4 Å². The molecular weight excluding hydrogens is 536 g/mol. The van der Waals surface area contributed by atoms with E-state index in [9.17, 15) is 13.2 Å². The highest BCUT2D eigenvalue weighted by atomic mass is 35.5. The summed E-state index contributed by atoms with van der Waals surface area (Å²) < 4.78 is 35.3. The van der Waals surface area contributed by atoms with Crippen molar-refractivity contribution in [3.05, 3.63) is 106 Å². The first kappa shape index (κ1) is 27.9. The average Bonchev–Trinajstić information content (AvgIpc) is 3.20. The molecule has 0 aliphatic carbocycles. The molecule has 0 saturated heterocycles. The highest BCUT2D eigenvalue weighted by molar-refractivity contribution is 7.92. The van der Waals surface area contributed by atoms with Gasteiger partial charge in [-0.05, 0) is 68.8 Å². The minimum absolute atomic E-state index is 0.0388. The molecule has 0 fully saturated rings. The molecule has 0 radical (unpaired) electrons. The third-order valence-corrected chi connectivity index (χ3v) is 8.34. The van der Waals surface area contributed by atoms with Gasteiger partial charge < -0.3 is 9.30 Å². The van der Waals surface area contributed by atoms with E-state index in [2.05, 4.69) is 15.1 Å². The Hall–Kier alpha value is -4.08. The molecule has 0 bridgehead atoms. The van der Waals surface area contributed by atoms with Crippen LogP contribution in [0.25, 0.3) is 5.69 Å². The number of anilines is 1. The number of aromatic nitrogens is 1. The summed E-state index contributed by atoms with van der Waals surface area (Å²) in [5.74, 6) is -0.236. The molecule has 1 N–H and O–H groups in total. The maximum atomic E-state index is 13.5. The summed E-state index contributed by atoms with van der Waals surface area (Å²) in [5, 5.41) is 4.33. The number of sulfonamides is 1. The van der Waals surface area contributed by atoms with Gasteiger partial charge in [0.05, 0.1) is 28.9 Å². The van der Waals surface area contributed by atoms with Crippen LogP contribution in [0, 0.1) is 20.8 Å². The molecule has 39 heavy (non-hydrogen) atoms. The van der Waals surface area contributed by atoms with Crippen LogP contribution in [-0.2, 0) is 14.8 Å². The van der Waals surface area contributed by atoms with Gasteiger partial charge in [-0.15, -0.1) is 0 Å². The molecule has 0 aliphatic heterocycles. The first-order chi connectivity index (χ1) is 18.6. The molecule has 4 rings (SSSR count). The van der Waals surface area contributed by atoms with Gasteiger partial charge in [-0.1, -0.05) is 48.0 Å². The normalized spacial score (nSPS) is 11.5. The minimum atomic E-state index is -4.09. The third kappa shape index (κ3) is 6.00. The lowest BCUT2D eigenvalue weighted by atomic mass is 10.2. The Morgan fingerprint density at radius 2 is 1.72 bits per heavy atom. The van der Waals surface area contributed by atoms with E-state index in [0.29, 0.717) is 5.75 Å². The number of aryl methyl sites for hydroxylation is 2. The van der Waals surface area contributed by atoms with E-state index >= 15 is 0 Å². The summed E-state index contributed by atoms with van der Waals surface area (Å²) in [6, 6.07) is 22.4. The van der Waals surface area contributed by atoms with E-state index in [0.717, 1.165) is 32.5 Å². The van der Waals surface area contributed by atoms with Crippen LogP contribution in [-0.4, -0.2) is 38.8 Å². The Labute approximate surface area is 233 Å². The van der Waals surface area contributed by atoms with Crippen LogP contribution < -0.4 is 14.5 Å². The summed E-state index contributed by atoms with van der Waals surface area (Å²) >= 11 is 6.27. The molecule has 0 spiro atoms. The smallest absolute Gasteiger partial charge is 0.264 e. The maximum absolute atomic E-state index is 13.5. The van der Waals surface area contributed by atoms with Gasteiger partial charge in [0.1, 0.15) is 12.3 Å². The number of carbonyl (C=O) groups is 1. The van der Waals surface area contributed by atoms with Crippen molar-refractivity contribution in [1.29, 1.82) is 0 Å². The number of hydrogen-bond acceptors (Lipinski definition) is 5. The van der Waals surface area contributed by atoms with E-state index in [-0.39, 0.29) is 15.6 Å². The molecule has 8 nitrogen and oxygen atoms in total. The first-order valence-corrected chi connectivity index (χ1v) is 13.9. The Morgan fingerprint density at radius 3 is 2.38 bits per heavy atom. The Bertz CT molecular complexity index is 1630. The van der Waals surface area contributed by atoms with Crippen molar-refractivity contribution < 1.29 is 17.9 Å². The zero-order valence-electron chi connectivity index (χ0n) is 22.1. The standard InChI is InChI=1S/C29H29ClN4O4S/c1-20-10-8-9-13-27(20)34-21(2)16-23(22(34)3)18-31-32-29(35)19-33(24-14-15-28(38-4)26(30)17-24)39(36,37)25-11-6-5-7-12-25/h5-18H,19H2,1-4H3,(H,32,35)/b31-18+. The van der Waals surface area contributed by atoms with Gasteiger partial charge in [-0.3, -0.25) is 9.10 Å². The predicted octanol–water partition coefficient (Wildman–Crippen LogP) is 5.41. The maximum Gasteiger partial charge on any atom is 0.264 e. The van der Waals surface area contributed by atoms with Crippen molar-refractivity contribution >= 4 is 39.4 Å². The highest BCUT2D eigenvalue weighted by Gasteiger charge is 2.27. The fraction of sp³-hybridized carbons (Fsp3) is 0.172. The topological polar surface area (TPSA) is 93.0 Å². The SMILES string of the molecule is COc1ccc(N(CC(=O)N/N=C/c2cc(C)n(-c3ccccc3C)c2C)S(=O)(=O)c2ccccc2)cc1Cl. The van der Waals surface area contributed by atoms with E-state index in [1.54, 1.807) is 30.5 Å². The van der Waals surface area contributed by atoms with Gasteiger partial charge in [-0.2, -0.15) is 5.10 Å². The Morgan fingerprint density at radius 1 is 1.03 bits per heavy atom. The molecular formula is C29H29ClN4O4S. The number of nitrogens with one attached hydrogen (secondary N) is 1. The van der Waals surface area contributed by atoms with Crippen molar-refractivity contribution in [2.75, 3.05) is 18.0 Å². The molecule has 202 valence electrons. The lowest BCUT2D eigenvalue weighted by molar-refractivity contribution is -0.119. The fourth-order valence-electron chi connectivity index (χ4n) is 4.29. The van der Waals surface area contributed by atoms with Crippen molar-refractivity contribution in [1.82, 2.24) is 9.99 Å². The number of para-hydroxylation sites is 1. The lowest BCUT2D eigenvalue weighted by Crippen LogP contribution is -2.39. The second kappa shape index (κ2) is 11.8. The van der Waals surface area contributed by atoms with E-state index < -0.39 is 22.5 Å². The van der Waals surface area contributed by atoms with Crippen LogP contribution in [0.1, 0.15) is 22.5 Å². The predicted molar refractivity (Wildman–Crippen MR) is 155 cm³/mol. The summed E-state index contributed by atoms with van der Waals surface area (Å²) in [4.78, 5) is 13.0. The number of ether oxygens (including phenoxy) is 1. The molecule has 10 heteroatoms. The average molecular weight is 565 g/mol. The second-order valence-corrected chi connectivity index (χ2v) is 11.2. The van der Waals surface area contributed by atoms with Crippen LogP contribution in [0.15, 0.2) is 88.9 Å².